The van der Waals surface area contributed by atoms with Crippen LogP contribution in [0.3, 0.4) is 0 Å². The Labute approximate surface area is 176 Å². The Hall–Kier alpha value is -3.59. The molecule has 2 aromatic rings. The molecule has 0 aliphatic carbocycles. The van der Waals surface area contributed by atoms with Gasteiger partial charge in [-0.15, -0.1) is 0 Å². The number of nitrogens with two attached hydrogens (primary N) is 1. The van der Waals surface area contributed by atoms with Crippen molar-refractivity contribution in [3.05, 3.63) is 65.5 Å². The van der Waals surface area contributed by atoms with Crippen molar-refractivity contribution in [3.8, 4) is 0 Å². The normalized spacial score (nSPS) is 28.7. The van der Waals surface area contributed by atoms with Crippen LogP contribution in [0.25, 0.3) is 0 Å². The van der Waals surface area contributed by atoms with Gasteiger partial charge in [-0.05, 0) is 23.8 Å². The van der Waals surface area contributed by atoms with E-state index in [4.69, 9.17) is 5.73 Å². The maximum atomic E-state index is 14.1. The van der Waals surface area contributed by atoms with Crippen LogP contribution in [0.15, 0.2) is 48.5 Å². The summed E-state index contributed by atoms with van der Waals surface area (Å²) in [6, 6.07) is 12.0. The zero-order valence-electron chi connectivity index (χ0n) is 16.3. The van der Waals surface area contributed by atoms with Crippen molar-refractivity contribution in [1.82, 2.24) is 10.2 Å². The highest BCUT2D eigenvalue weighted by Gasteiger charge is 2.70. The molecule has 4 N–H and O–H groups in total. The molecule has 2 aromatic carbocycles. The summed E-state index contributed by atoms with van der Waals surface area (Å²) in [7, 11) is 0. The summed E-state index contributed by atoms with van der Waals surface area (Å²) in [5.41, 5.74) is 5.09. The van der Waals surface area contributed by atoms with E-state index in [1.807, 2.05) is 6.07 Å². The molecular formula is C22H19FN4O4. The first-order valence-corrected chi connectivity index (χ1v) is 9.89. The topological polar surface area (TPSA) is 122 Å². The fraction of sp³-hybridized carbons (Fsp3) is 0.273. The van der Waals surface area contributed by atoms with Gasteiger partial charge in [0.05, 0.1) is 18.4 Å². The van der Waals surface area contributed by atoms with Gasteiger partial charge in [-0.1, -0.05) is 30.3 Å². The molecule has 3 heterocycles. The van der Waals surface area contributed by atoms with Crippen molar-refractivity contribution in [2.45, 2.75) is 24.5 Å². The highest BCUT2D eigenvalue weighted by molar-refractivity contribution is 6.15. The molecule has 4 amide bonds. The number of carbonyl (C=O) groups excluding carboxylic acids is 4. The lowest BCUT2D eigenvalue weighted by atomic mass is 9.76. The molecule has 9 heteroatoms. The van der Waals surface area contributed by atoms with Crippen molar-refractivity contribution >= 4 is 29.3 Å². The number of primary amides is 1. The van der Waals surface area contributed by atoms with Crippen molar-refractivity contribution in [2.75, 3.05) is 5.32 Å². The van der Waals surface area contributed by atoms with E-state index in [0.717, 1.165) is 10.5 Å². The molecule has 8 nitrogen and oxygen atoms in total. The summed E-state index contributed by atoms with van der Waals surface area (Å²) in [6.45, 7) is 0.0442. The number of likely N-dealkylation sites (tertiary alicyclic amines) is 1. The van der Waals surface area contributed by atoms with Crippen LogP contribution in [0, 0.1) is 17.7 Å². The third kappa shape index (κ3) is 2.70. The fourth-order valence-corrected chi connectivity index (χ4v) is 5.15. The predicted octanol–water partition coefficient (Wildman–Crippen LogP) is 0.622. The third-order valence-corrected chi connectivity index (χ3v) is 6.37. The Morgan fingerprint density at radius 3 is 2.55 bits per heavy atom. The van der Waals surface area contributed by atoms with Gasteiger partial charge in [0.2, 0.25) is 23.6 Å². The standard InChI is InChI=1S/C22H19FN4O4/c23-12-6-7-14-13(8-12)22(21(31)25-14)18-17(15(26-22)9-16(24)28)19(29)27(20(18)30)10-11-4-2-1-3-5-11/h1-8,15,17-18,26H,9-10H2,(H2,24,28)(H,25,31)/t15-,17+,18-,22+/m0/s1. The number of imide groups is 1. The van der Waals surface area contributed by atoms with Crippen molar-refractivity contribution in [2.24, 2.45) is 17.6 Å². The lowest BCUT2D eigenvalue weighted by molar-refractivity contribution is -0.143. The Bertz CT molecular complexity index is 1140. The summed E-state index contributed by atoms with van der Waals surface area (Å²) >= 11 is 0. The summed E-state index contributed by atoms with van der Waals surface area (Å²) in [6.07, 6.45) is -0.237. The summed E-state index contributed by atoms with van der Waals surface area (Å²) in [5.74, 6) is -4.91. The quantitative estimate of drug-likeness (QED) is 0.624. The minimum Gasteiger partial charge on any atom is -0.370 e. The molecule has 158 valence electrons. The van der Waals surface area contributed by atoms with Crippen LogP contribution in [0.1, 0.15) is 17.5 Å². The summed E-state index contributed by atoms with van der Waals surface area (Å²) in [5, 5.41) is 5.71. The predicted molar refractivity (Wildman–Crippen MR) is 106 cm³/mol. The number of rotatable bonds is 4. The average molecular weight is 422 g/mol. The molecule has 0 unspecified atom stereocenters. The molecule has 2 fully saturated rings. The van der Waals surface area contributed by atoms with Gasteiger partial charge in [-0.25, -0.2) is 4.39 Å². The molecule has 0 bridgehead atoms. The van der Waals surface area contributed by atoms with E-state index in [1.54, 1.807) is 24.3 Å². The van der Waals surface area contributed by atoms with Gasteiger partial charge in [-0.2, -0.15) is 0 Å². The number of halogens is 1. The SMILES string of the molecule is NC(=O)C[C@@H]1N[C@@]2(C(=O)Nc3ccc(F)cc32)[C@@H]2C(=O)N(Cc3ccccc3)C(=O)[C@H]12. The van der Waals surface area contributed by atoms with E-state index < -0.39 is 52.9 Å². The van der Waals surface area contributed by atoms with Crippen LogP contribution < -0.4 is 16.4 Å². The molecule has 3 aliphatic heterocycles. The zero-order valence-corrected chi connectivity index (χ0v) is 16.3. The molecule has 0 aromatic heterocycles. The molecule has 4 atom stereocenters. The Balaban J connectivity index is 1.62. The number of nitrogens with one attached hydrogen (secondary N) is 2. The Kier molecular flexibility index (Phi) is 4.19. The summed E-state index contributed by atoms with van der Waals surface area (Å²) < 4.78 is 14.1. The second-order valence-corrected chi connectivity index (χ2v) is 8.12. The minimum atomic E-state index is -1.65. The van der Waals surface area contributed by atoms with E-state index in [0.29, 0.717) is 5.69 Å². The van der Waals surface area contributed by atoms with E-state index >= 15 is 0 Å². The molecule has 3 aliphatic rings. The third-order valence-electron chi connectivity index (χ3n) is 6.37. The van der Waals surface area contributed by atoms with Crippen molar-refractivity contribution in [3.63, 3.8) is 0 Å². The van der Waals surface area contributed by atoms with Crippen LogP contribution >= 0.6 is 0 Å². The Morgan fingerprint density at radius 2 is 1.84 bits per heavy atom. The average Bonchev–Trinajstić information content (AvgIpc) is 3.29. The number of amides is 4. The number of fused-ring (bicyclic) bond motifs is 4. The van der Waals surface area contributed by atoms with Gasteiger partial charge in [0.15, 0.2) is 0 Å². The Morgan fingerprint density at radius 1 is 1.10 bits per heavy atom. The fourth-order valence-electron chi connectivity index (χ4n) is 5.15. The first-order chi connectivity index (χ1) is 14.8. The van der Waals surface area contributed by atoms with Crippen LogP contribution in [0.4, 0.5) is 10.1 Å². The van der Waals surface area contributed by atoms with Gasteiger partial charge in [0, 0.05) is 23.7 Å². The highest BCUT2D eigenvalue weighted by Crippen LogP contribution is 2.53. The lowest BCUT2D eigenvalue weighted by Crippen LogP contribution is -2.53. The lowest BCUT2D eigenvalue weighted by Gasteiger charge is -2.29. The van der Waals surface area contributed by atoms with Gasteiger partial charge in [0.1, 0.15) is 11.4 Å². The van der Waals surface area contributed by atoms with Crippen molar-refractivity contribution in [1.29, 1.82) is 0 Å². The maximum absolute atomic E-state index is 14.1. The largest absolute Gasteiger partial charge is 0.370 e. The molecule has 2 saturated heterocycles. The number of hydrogen-bond donors (Lipinski definition) is 3. The number of carbonyl (C=O) groups is 4. The van der Waals surface area contributed by atoms with Gasteiger partial charge in [-0.3, -0.25) is 29.4 Å². The molecule has 0 radical (unpaired) electrons. The second-order valence-electron chi connectivity index (χ2n) is 8.12. The van der Waals surface area contributed by atoms with Crippen LogP contribution in [-0.4, -0.2) is 34.6 Å². The highest BCUT2D eigenvalue weighted by atomic mass is 19.1. The number of hydrogen-bond acceptors (Lipinski definition) is 5. The van der Waals surface area contributed by atoms with E-state index in [1.165, 1.54) is 18.2 Å². The summed E-state index contributed by atoms with van der Waals surface area (Å²) in [4.78, 5) is 52.8. The number of nitrogens with zero attached hydrogens (tertiary/aromatic N) is 1. The molecule has 0 saturated carbocycles. The molecule has 31 heavy (non-hydrogen) atoms. The van der Waals surface area contributed by atoms with E-state index in [9.17, 15) is 23.6 Å². The van der Waals surface area contributed by atoms with Gasteiger partial charge in [0.25, 0.3) is 0 Å². The molecule has 5 rings (SSSR count). The monoisotopic (exact) mass is 422 g/mol. The number of benzene rings is 2. The zero-order chi connectivity index (χ0) is 21.9. The van der Waals surface area contributed by atoms with Crippen molar-refractivity contribution < 1.29 is 23.6 Å². The minimum absolute atomic E-state index is 0.0442. The van der Waals surface area contributed by atoms with E-state index in [2.05, 4.69) is 10.6 Å². The van der Waals surface area contributed by atoms with Gasteiger partial charge < -0.3 is 11.1 Å². The maximum Gasteiger partial charge on any atom is 0.250 e. The van der Waals surface area contributed by atoms with Crippen LogP contribution in [0.5, 0.6) is 0 Å². The number of anilines is 1. The van der Waals surface area contributed by atoms with Crippen LogP contribution in [0.2, 0.25) is 0 Å². The molecule has 1 spiro atoms. The smallest absolute Gasteiger partial charge is 0.250 e. The van der Waals surface area contributed by atoms with E-state index in [-0.39, 0.29) is 18.5 Å². The van der Waals surface area contributed by atoms with Crippen LogP contribution in [-0.2, 0) is 31.3 Å². The first-order valence-electron chi connectivity index (χ1n) is 9.89. The first kappa shape index (κ1) is 19.4. The second kappa shape index (κ2) is 6.71. The molecular weight excluding hydrogens is 403 g/mol. The van der Waals surface area contributed by atoms with Gasteiger partial charge >= 0.3 is 0 Å².